The van der Waals surface area contributed by atoms with Crippen LogP contribution < -0.4 is 14.8 Å². The van der Waals surface area contributed by atoms with Crippen LogP contribution in [0.5, 0.6) is 11.5 Å². The number of rotatable bonds is 6. The standard InChI is InChI=1S/C21H26N2O4/c1-14-6-4-5-7-15(14)10-22-20(25)13-23-11-16-18(26-2)8-9-19(27-3)21(16)17(24)12-23/h4-9,17,24H,10-13H2,1-3H3,(H,22,25)/t17-/m1/s1. The summed E-state index contributed by atoms with van der Waals surface area (Å²) in [6.45, 7) is 3.62. The molecule has 0 aliphatic carbocycles. The third-order valence-electron chi connectivity index (χ3n) is 4.96. The molecule has 0 bridgehead atoms. The molecule has 3 rings (SSSR count). The van der Waals surface area contributed by atoms with Gasteiger partial charge in [-0.1, -0.05) is 24.3 Å². The van der Waals surface area contributed by atoms with Crippen LogP contribution in [-0.2, 0) is 17.9 Å². The van der Waals surface area contributed by atoms with Crippen molar-refractivity contribution in [2.24, 2.45) is 0 Å². The maximum atomic E-state index is 12.4. The Labute approximate surface area is 159 Å². The summed E-state index contributed by atoms with van der Waals surface area (Å²) in [5.74, 6) is 1.26. The van der Waals surface area contributed by atoms with Crippen molar-refractivity contribution in [1.29, 1.82) is 0 Å². The highest BCUT2D eigenvalue weighted by molar-refractivity contribution is 5.78. The van der Waals surface area contributed by atoms with Gasteiger partial charge >= 0.3 is 0 Å². The number of nitrogens with zero attached hydrogens (tertiary/aromatic N) is 1. The van der Waals surface area contributed by atoms with E-state index >= 15 is 0 Å². The Morgan fingerprint density at radius 3 is 2.59 bits per heavy atom. The quantitative estimate of drug-likeness (QED) is 0.816. The Morgan fingerprint density at radius 1 is 1.19 bits per heavy atom. The molecule has 0 saturated heterocycles. The second-order valence-electron chi connectivity index (χ2n) is 6.75. The van der Waals surface area contributed by atoms with Crippen molar-refractivity contribution in [2.75, 3.05) is 27.3 Å². The number of carbonyl (C=O) groups is 1. The molecule has 6 nitrogen and oxygen atoms in total. The van der Waals surface area contributed by atoms with E-state index in [1.165, 1.54) is 0 Å². The molecule has 1 aliphatic rings. The van der Waals surface area contributed by atoms with Gasteiger partial charge in [-0.15, -0.1) is 0 Å². The van der Waals surface area contributed by atoms with Crippen molar-refractivity contribution < 1.29 is 19.4 Å². The highest BCUT2D eigenvalue weighted by Crippen LogP contribution is 2.39. The number of aryl methyl sites for hydroxylation is 1. The number of hydrogen-bond donors (Lipinski definition) is 2. The number of aliphatic hydroxyl groups excluding tert-OH is 1. The van der Waals surface area contributed by atoms with Gasteiger partial charge < -0.3 is 19.9 Å². The number of benzene rings is 2. The van der Waals surface area contributed by atoms with Crippen LogP contribution in [0.2, 0.25) is 0 Å². The molecule has 2 aromatic carbocycles. The second kappa shape index (κ2) is 8.41. The molecule has 0 unspecified atom stereocenters. The first-order valence-corrected chi connectivity index (χ1v) is 8.98. The Bertz CT molecular complexity index is 822. The molecule has 1 amide bonds. The van der Waals surface area contributed by atoms with Gasteiger partial charge in [0.05, 0.1) is 26.9 Å². The molecule has 27 heavy (non-hydrogen) atoms. The topological polar surface area (TPSA) is 71.0 Å². The predicted molar refractivity (Wildman–Crippen MR) is 103 cm³/mol. The van der Waals surface area contributed by atoms with Crippen molar-refractivity contribution in [3.63, 3.8) is 0 Å². The van der Waals surface area contributed by atoms with E-state index in [0.29, 0.717) is 31.1 Å². The SMILES string of the molecule is COc1ccc(OC)c2c1CN(CC(=O)NCc1ccccc1C)C[C@H]2O. The van der Waals surface area contributed by atoms with Crippen LogP contribution in [0, 0.1) is 6.92 Å². The van der Waals surface area contributed by atoms with Crippen molar-refractivity contribution in [1.82, 2.24) is 10.2 Å². The maximum Gasteiger partial charge on any atom is 0.234 e. The van der Waals surface area contributed by atoms with E-state index in [2.05, 4.69) is 5.32 Å². The molecule has 0 saturated carbocycles. The largest absolute Gasteiger partial charge is 0.496 e. The van der Waals surface area contributed by atoms with Crippen LogP contribution in [0.4, 0.5) is 0 Å². The van der Waals surface area contributed by atoms with Crippen LogP contribution in [0.3, 0.4) is 0 Å². The van der Waals surface area contributed by atoms with Crippen LogP contribution >= 0.6 is 0 Å². The zero-order valence-corrected chi connectivity index (χ0v) is 16.0. The molecule has 1 aliphatic heterocycles. The van der Waals surface area contributed by atoms with E-state index in [9.17, 15) is 9.90 Å². The number of nitrogens with one attached hydrogen (secondary N) is 1. The third-order valence-corrected chi connectivity index (χ3v) is 4.96. The van der Waals surface area contributed by atoms with E-state index in [4.69, 9.17) is 9.47 Å². The minimum atomic E-state index is -0.733. The third kappa shape index (κ3) is 4.23. The van der Waals surface area contributed by atoms with Gasteiger partial charge in [-0.2, -0.15) is 0 Å². The van der Waals surface area contributed by atoms with Crippen LogP contribution in [0.25, 0.3) is 0 Å². The number of fused-ring (bicyclic) bond motifs is 1. The molecule has 144 valence electrons. The predicted octanol–water partition coefficient (Wildman–Crippen LogP) is 2.18. The number of amides is 1. The lowest BCUT2D eigenvalue weighted by molar-refractivity contribution is -0.123. The summed E-state index contributed by atoms with van der Waals surface area (Å²) < 4.78 is 10.8. The molecule has 6 heteroatoms. The molecule has 2 aromatic rings. The lowest BCUT2D eigenvalue weighted by Crippen LogP contribution is -2.41. The molecular formula is C21H26N2O4. The van der Waals surface area contributed by atoms with Crippen molar-refractivity contribution in [2.45, 2.75) is 26.1 Å². The first kappa shape index (κ1) is 19.2. The van der Waals surface area contributed by atoms with Crippen LogP contribution in [0.15, 0.2) is 36.4 Å². The van der Waals surface area contributed by atoms with Crippen molar-refractivity contribution >= 4 is 5.91 Å². The number of β-amino-alcohol motifs (C(OH)–C–C–N with tert-alkyl or cyclic N) is 1. The minimum Gasteiger partial charge on any atom is -0.496 e. The molecule has 2 N–H and O–H groups in total. The lowest BCUT2D eigenvalue weighted by Gasteiger charge is -2.33. The number of carbonyl (C=O) groups excluding carboxylic acids is 1. The first-order chi connectivity index (χ1) is 13.0. The van der Waals surface area contributed by atoms with Gasteiger partial charge in [0, 0.05) is 30.8 Å². The van der Waals surface area contributed by atoms with Gasteiger partial charge in [0.25, 0.3) is 0 Å². The van der Waals surface area contributed by atoms with Crippen LogP contribution in [0.1, 0.15) is 28.4 Å². The highest BCUT2D eigenvalue weighted by Gasteiger charge is 2.30. The Morgan fingerprint density at radius 2 is 1.89 bits per heavy atom. The average molecular weight is 370 g/mol. The minimum absolute atomic E-state index is 0.0734. The van der Waals surface area contributed by atoms with Gasteiger partial charge in [0.1, 0.15) is 11.5 Å². The fourth-order valence-electron chi connectivity index (χ4n) is 3.53. The summed E-state index contributed by atoms with van der Waals surface area (Å²) >= 11 is 0. The zero-order valence-electron chi connectivity index (χ0n) is 16.0. The van der Waals surface area contributed by atoms with E-state index < -0.39 is 6.10 Å². The molecule has 0 spiro atoms. The normalized spacial score (nSPS) is 16.5. The Kier molecular flexibility index (Phi) is 5.98. The second-order valence-corrected chi connectivity index (χ2v) is 6.75. The van der Waals surface area contributed by atoms with Crippen LogP contribution in [-0.4, -0.2) is 43.2 Å². The van der Waals surface area contributed by atoms with E-state index in [0.717, 1.165) is 22.3 Å². The van der Waals surface area contributed by atoms with Gasteiger partial charge in [0.15, 0.2) is 0 Å². The number of hydrogen-bond acceptors (Lipinski definition) is 5. The molecular weight excluding hydrogens is 344 g/mol. The summed E-state index contributed by atoms with van der Waals surface area (Å²) in [7, 11) is 3.18. The molecule has 0 aromatic heterocycles. The summed E-state index contributed by atoms with van der Waals surface area (Å²) in [5, 5.41) is 13.6. The summed E-state index contributed by atoms with van der Waals surface area (Å²) in [5.41, 5.74) is 3.86. The van der Waals surface area contributed by atoms with Gasteiger partial charge in [0.2, 0.25) is 5.91 Å². The lowest BCUT2D eigenvalue weighted by atomic mass is 9.95. The fraction of sp³-hybridized carbons (Fsp3) is 0.381. The maximum absolute atomic E-state index is 12.4. The number of aliphatic hydroxyl groups is 1. The Balaban J connectivity index is 1.68. The fourth-order valence-corrected chi connectivity index (χ4v) is 3.53. The molecule has 0 radical (unpaired) electrons. The number of ether oxygens (including phenoxy) is 2. The monoisotopic (exact) mass is 370 g/mol. The van der Waals surface area contributed by atoms with Gasteiger partial charge in [-0.25, -0.2) is 0 Å². The van der Waals surface area contributed by atoms with Gasteiger partial charge in [-0.3, -0.25) is 9.69 Å². The number of methoxy groups -OCH3 is 2. The Hall–Kier alpha value is -2.57. The summed E-state index contributed by atoms with van der Waals surface area (Å²) in [6.07, 6.45) is -0.733. The summed E-state index contributed by atoms with van der Waals surface area (Å²) in [4.78, 5) is 14.3. The van der Waals surface area contributed by atoms with Crippen molar-refractivity contribution in [3.8, 4) is 11.5 Å². The molecule has 0 fully saturated rings. The smallest absolute Gasteiger partial charge is 0.234 e. The molecule has 1 atom stereocenters. The molecule has 1 heterocycles. The van der Waals surface area contributed by atoms with Crippen molar-refractivity contribution in [3.05, 3.63) is 58.7 Å². The zero-order chi connectivity index (χ0) is 19.4. The van der Waals surface area contributed by atoms with Gasteiger partial charge in [-0.05, 0) is 30.2 Å². The average Bonchev–Trinajstić information content (AvgIpc) is 2.66. The first-order valence-electron chi connectivity index (χ1n) is 8.98. The van der Waals surface area contributed by atoms with E-state index in [-0.39, 0.29) is 12.5 Å². The van der Waals surface area contributed by atoms with E-state index in [1.807, 2.05) is 42.2 Å². The highest BCUT2D eigenvalue weighted by atomic mass is 16.5. The summed E-state index contributed by atoms with van der Waals surface area (Å²) in [6, 6.07) is 11.6. The van der Waals surface area contributed by atoms with E-state index in [1.54, 1.807) is 20.3 Å².